The van der Waals surface area contributed by atoms with Crippen molar-refractivity contribution in [2.45, 2.75) is 17.7 Å². The summed E-state index contributed by atoms with van der Waals surface area (Å²) in [4.78, 5) is 11.6. The number of nitrogens with one attached hydrogen (secondary N) is 1. The highest BCUT2D eigenvalue weighted by molar-refractivity contribution is 7.90. The number of hydrogen-bond acceptors (Lipinski definition) is 4. The molecule has 94 valence electrons. The molecule has 0 spiro atoms. The quantitative estimate of drug-likeness (QED) is 0.878. The molecular formula is C11H11N3O3S. The predicted molar refractivity (Wildman–Crippen MR) is 63.2 cm³/mol. The molecule has 0 radical (unpaired) electrons. The Balaban J connectivity index is 2.02. The SMILES string of the molecule is O=C(NS(=O)(=O)c1cccn2nccc12)C1CC1. The molecular weight excluding hydrogens is 254 g/mol. The van der Waals surface area contributed by atoms with E-state index in [9.17, 15) is 13.2 Å². The molecule has 2 aromatic rings. The third-order valence-electron chi connectivity index (χ3n) is 2.87. The van der Waals surface area contributed by atoms with E-state index in [1.165, 1.54) is 16.8 Å². The Hall–Kier alpha value is -1.89. The number of pyridine rings is 1. The van der Waals surface area contributed by atoms with Gasteiger partial charge in [-0.05, 0) is 31.0 Å². The van der Waals surface area contributed by atoms with Gasteiger partial charge < -0.3 is 0 Å². The van der Waals surface area contributed by atoms with Crippen molar-refractivity contribution in [3.63, 3.8) is 0 Å². The van der Waals surface area contributed by atoms with Gasteiger partial charge in [0, 0.05) is 12.1 Å². The molecule has 1 amide bonds. The van der Waals surface area contributed by atoms with Gasteiger partial charge in [0.05, 0.1) is 11.7 Å². The van der Waals surface area contributed by atoms with Crippen LogP contribution in [0.1, 0.15) is 12.8 Å². The van der Waals surface area contributed by atoms with Gasteiger partial charge in [0.25, 0.3) is 10.0 Å². The van der Waals surface area contributed by atoms with E-state index in [-0.39, 0.29) is 10.8 Å². The Morgan fingerprint density at radius 3 is 2.89 bits per heavy atom. The molecule has 3 rings (SSSR count). The first kappa shape index (κ1) is 11.2. The topological polar surface area (TPSA) is 80.5 Å². The maximum Gasteiger partial charge on any atom is 0.266 e. The normalized spacial score (nSPS) is 15.8. The molecule has 7 heteroatoms. The van der Waals surface area contributed by atoms with Crippen LogP contribution in [-0.2, 0) is 14.8 Å². The van der Waals surface area contributed by atoms with Gasteiger partial charge in [0.2, 0.25) is 5.91 Å². The fourth-order valence-electron chi connectivity index (χ4n) is 1.77. The minimum absolute atomic E-state index is 0.0662. The van der Waals surface area contributed by atoms with Crippen molar-refractivity contribution in [2.75, 3.05) is 0 Å². The summed E-state index contributed by atoms with van der Waals surface area (Å²) < 4.78 is 27.8. The van der Waals surface area contributed by atoms with Gasteiger partial charge in [-0.25, -0.2) is 17.7 Å². The third kappa shape index (κ3) is 1.86. The summed E-state index contributed by atoms with van der Waals surface area (Å²) in [5, 5.41) is 3.96. The molecule has 2 heterocycles. The molecule has 1 N–H and O–H groups in total. The van der Waals surface area contributed by atoms with Crippen molar-refractivity contribution in [2.24, 2.45) is 5.92 Å². The third-order valence-corrected chi connectivity index (χ3v) is 4.26. The first-order valence-corrected chi connectivity index (χ1v) is 7.05. The van der Waals surface area contributed by atoms with Gasteiger partial charge in [-0.3, -0.25) is 4.79 Å². The van der Waals surface area contributed by atoms with E-state index in [4.69, 9.17) is 0 Å². The molecule has 0 bridgehead atoms. The number of rotatable bonds is 3. The predicted octanol–water partition coefficient (Wildman–Crippen LogP) is 0.549. The Kier molecular flexibility index (Phi) is 2.37. The number of fused-ring (bicyclic) bond motifs is 1. The average molecular weight is 265 g/mol. The van der Waals surface area contributed by atoms with Crippen LogP contribution in [0.5, 0.6) is 0 Å². The number of aromatic nitrogens is 2. The number of amides is 1. The highest BCUT2D eigenvalue weighted by Gasteiger charge is 2.33. The van der Waals surface area contributed by atoms with Crippen molar-refractivity contribution < 1.29 is 13.2 Å². The lowest BCUT2D eigenvalue weighted by atomic mass is 10.4. The van der Waals surface area contributed by atoms with Crippen molar-refractivity contribution in [3.05, 3.63) is 30.6 Å². The second-order valence-corrected chi connectivity index (χ2v) is 5.93. The Morgan fingerprint density at radius 2 is 2.17 bits per heavy atom. The smallest absolute Gasteiger partial charge is 0.266 e. The van der Waals surface area contributed by atoms with Crippen molar-refractivity contribution in [1.82, 2.24) is 14.3 Å². The Morgan fingerprint density at radius 1 is 1.39 bits per heavy atom. The van der Waals surface area contributed by atoms with Crippen LogP contribution in [0.25, 0.3) is 5.52 Å². The zero-order valence-corrected chi connectivity index (χ0v) is 10.2. The standard InChI is InChI=1S/C11H11N3O3S/c15-11(8-3-4-8)13-18(16,17)10-2-1-7-14-9(10)5-6-12-14/h1-2,5-8H,3-4H2,(H,13,15). The van der Waals surface area contributed by atoms with E-state index in [0.29, 0.717) is 5.52 Å². The Bertz CT molecular complexity index is 716. The van der Waals surface area contributed by atoms with E-state index in [0.717, 1.165) is 12.8 Å². The molecule has 0 unspecified atom stereocenters. The highest BCUT2D eigenvalue weighted by atomic mass is 32.2. The molecule has 1 aliphatic rings. The van der Waals surface area contributed by atoms with Gasteiger partial charge in [0.15, 0.2) is 0 Å². The zero-order valence-electron chi connectivity index (χ0n) is 9.41. The van der Waals surface area contributed by atoms with Crippen LogP contribution >= 0.6 is 0 Å². The molecule has 0 aliphatic heterocycles. The van der Waals surface area contributed by atoms with Crippen LogP contribution in [0.15, 0.2) is 35.5 Å². The lowest BCUT2D eigenvalue weighted by molar-refractivity contribution is -0.120. The van der Waals surface area contributed by atoms with E-state index in [2.05, 4.69) is 9.82 Å². The van der Waals surface area contributed by atoms with E-state index >= 15 is 0 Å². The summed E-state index contributed by atoms with van der Waals surface area (Å²) in [5.74, 6) is -0.569. The molecule has 6 nitrogen and oxygen atoms in total. The van der Waals surface area contributed by atoms with Crippen molar-refractivity contribution in [3.8, 4) is 0 Å². The van der Waals surface area contributed by atoms with Crippen molar-refractivity contribution in [1.29, 1.82) is 0 Å². The van der Waals surface area contributed by atoms with E-state index in [1.54, 1.807) is 18.3 Å². The molecule has 2 aromatic heterocycles. The van der Waals surface area contributed by atoms with Gasteiger partial charge in [0.1, 0.15) is 4.90 Å². The van der Waals surface area contributed by atoms with E-state index < -0.39 is 15.9 Å². The fraction of sp³-hybridized carbons (Fsp3) is 0.273. The molecule has 18 heavy (non-hydrogen) atoms. The largest absolute Gasteiger partial charge is 0.274 e. The second-order valence-electron chi connectivity index (χ2n) is 4.28. The van der Waals surface area contributed by atoms with Crippen LogP contribution in [-0.4, -0.2) is 23.9 Å². The van der Waals surface area contributed by atoms with Gasteiger partial charge in [-0.2, -0.15) is 5.10 Å². The molecule has 0 saturated heterocycles. The fourth-order valence-corrected chi connectivity index (χ4v) is 3.01. The number of sulfonamides is 1. The van der Waals surface area contributed by atoms with Gasteiger partial charge in [-0.15, -0.1) is 0 Å². The summed E-state index contributed by atoms with van der Waals surface area (Å²) in [6.07, 6.45) is 4.69. The van der Waals surface area contributed by atoms with Crippen molar-refractivity contribution >= 4 is 21.4 Å². The molecule has 0 aromatic carbocycles. The van der Waals surface area contributed by atoms with Gasteiger partial charge >= 0.3 is 0 Å². The summed E-state index contributed by atoms with van der Waals surface area (Å²) in [5.41, 5.74) is 0.452. The highest BCUT2D eigenvalue weighted by Crippen LogP contribution is 2.29. The summed E-state index contributed by atoms with van der Waals surface area (Å²) in [6.45, 7) is 0. The maximum absolute atomic E-state index is 12.1. The van der Waals surface area contributed by atoms with Crippen LogP contribution in [0, 0.1) is 5.92 Å². The number of carbonyl (C=O) groups excluding carboxylic acids is 1. The van der Waals surface area contributed by atoms with Crippen LogP contribution < -0.4 is 4.72 Å². The number of carbonyl (C=O) groups is 1. The molecule has 1 saturated carbocycles. The van der Waals surface area contributed by atoms with E-state index in [1.807, 2.05) is 0 Å². The number of nitrogens with zero attached hydrogens (tertiary/aromatic N) is 2. The monoisotopic (exact) mass is 265 g/mol. The van der Waals surface area contributed by atoms with Crippen LogP contribution in [0.4, 0.5) is 0 Å². The molecule has 1 fully saturated rings. The minimum atomic E-state index is -3.82. The van der Waals surface area contributed by atoms with Gasteiger partial charge in [-0.1, -0.05) is 0 Å². The maximum atomic E-state index is 12.1. The lowest BCUT2D eigenvalue weighted by Gasteiger charge is -2.07. The lowest BCUT2D eigenvalue weighted by Crippen LogP contribution is -2.31. The first-order chi connectivity index (χ1) is 8.58. The van der Waals surface area contributed by atoms with Crippen LogP contribution in [0.3, 0.4) is 0 Å². The molecule has 0 atom stereocenters. The average Bonchev–Trinajstić information content (AvgIpc) is 3.06. The summed E-state index contributed by atoms with van der Waals surface area (Å²) in [7, 11) is -3.82. The molecule has 1 aliphatic carbocycles. The zero-order chi connectivity index (χ0) is 12.8. The first-order valence-electron chi connectivity index (χ1n) is 5.57. The Labute approximate surface area is 104 Å². The summed E-state index contributed by atoms with van der Waals surface area (Å²) in [6, 6.07) is 4.63. The second kappa shape index (κ2) is 3.81. The van der Waals surface area contributed by atoms with Crippen LogP contribution in [0.2, 0.25) is 0 Å². The summed E-state index contributed by atoms with van der Waals surface area (Å²) >= 11 is 0. The minimum Gasteiger partial charge on any atom is -0.274 e. The number of hydrogen-bond donors (Lipinski definition) is 1.